The van der Waals surface area contributed by atoms with E-state index in [9.17, 15) is 0 Å². The van der Waals surface area contributed by atoms with Crippen LogP contribution >= 0.6 is 0 Å². The Balaban J connectivity index is 1.30. The molecule has 6 nitrogen and oxygen atoms in total. The summed E-state index contributed by atoms with van der Waals surface area (Å²) in [6.07, 6.45) is 5.67. The maximum atomic E-state index is 6.18. The van der Waals surface area contributed by atoms with Crippen molar-refractivity contribution in [2.75, 3.05) is 19.6 Å². The van der Waals surface area contributed by atoms with Gasteiger partial charge in [0.1, 0.15) is 11.8 Å². The van der Waals surface area contributed by atoms with Crippen molar-refractivity contribution in [2.45, 2.75) is 53.1 Å². The summed E-state index contributed by atoms with van der Waals surface area (Å²) in [7, 11) is 1.93. The number of hydrogen-bond donors (Lipinski definition) is 0. The quantitative estimate of drug-likeness (QED) is 0.788. The average molecular weight is 384 g/mol. The molecule has 0 spiro atoms. The lowest BCUT2D eigenvalue weighted by Crippen LogP contribution is -2.28. The summed E-state index contributed by atoms with van der Waals surface area (Å²) in [5.74, 6) is 2.18. The fraction of sp³-hybridized carbons (Fsp3) is 0.682. The van der Waals surface area contributed by atoms with Gasteiger partial charge >= 0.3 is 0 Å². The first-order chi connectivity index (χ1) is 13.3. The van der Waals surface area contributed by atoms with Crippen LogP contribution in [0.3, 0.4) is 0 Å². The lowest BCUT2D eigenvalue weighted by Gasteiger charge is -2.24. The van der Waals surface area contributed by atoms with Gasteiger partial charge in [-0.1, -0.05) is 20.8 Å². The fourth-order valence-electron chi connectivity index (χ4n) is 4.71. The third kappa shape index (κ3) is 4.22. The van der Waals surface area contributed by atoms with Crippen LogP contribution in [0.5, 0.6) is 5.88 Å². The minimum Gasteiger partial charge on any atom is -0.473 e. The zero-order chi connectivity index (χ0) is 19.9. The van der Waals surface area contributed by atoms with Gasteiger partial charge in [-0.15, -0.1) is 10.2 Å². The first-order valence-electron chi connectivity index (χ1n) is 10.5. The molecule has 2 aromatic rings. The smallest absolute Gasteiger partial charge is 0.233 e. The molecule has 0 radical (unpaired) electrons. The molecule has 1 saturated heterocycles. The van der Waals surface area contributed by atoms with Gasteiger partial charge in [-0.05, 0) is 61.6 Å². The third-order valence-electron chi connectivity index (χ3n) is 6.25. The second-order valence-electron chi connectivity index (χ2n) is 9.86. The van der Waals surface area contributed by atoms with Gasteiger partial charge in [0.25, 0.3) is 0 Å². The van der Waals surface area contributed by atoms with E-state index in [1.165, 1.54) is 26.1 Å². The lowest BCUT2D eigenvalue weighted by molar-refractivity contribution is 0.173. The summed E-state index contributed by atoms with van der Waals surface area (Å²) >= 11 is 0. The molecule has 2 aromatic heterocycles. The number of aryl methyl sites for hydroxylation is 2. The summed E-state index contributed by atoms with van der Waals surface area (Å²) in [5.41, 5.74) is 3.36. The van der Waals surface area contributed by atoms with E-state index in [2.05, 4.69) is 41.0 Å². The highest BCUT2D eigenvalue weighted by atomic mass is 16.5. The molecule has 0 bridgehead atoms. The van der Waals surface area contributed by atoms with Gasteiger partial charge in [-0.3, -0.25) is 4.68 Å². The highest BCUT2D eigenvalue weighted by molar-refractivity contribution is 5.58. The molecular formula is C22H33N5O. The Morgan fingerprint density at radius 2 is 1.82 bits per heavy atom. The standard InChI is InChI=1S/C22H33N5O/c1-15-12-23-26(5)21(15)19-6-7-20(25-24-19)28-18-10-16-13-27(14-17(16)11-18)9-8-22(2,3)4/h6-7,12,16-18H,8-11,13-14H2,1-5H3/t16-,17+,18+. The van der Waals surface area contributed by atoms with E-state index >= 15 is 0 Å². The van der Waals surface area contributed by atoms with Crippen molar-refractivity contribution < 1.29 is 4.74 Å². The normalized spacial score (nSPS) is 25.2. The van der Waals surface area contributed by atoms with Crippen LogP contribution in [-0.2, 0) is 7.05 Å². The first-order valence-corrected chi connectivity index (χ1v) is 10.5. The average Bonchev–Trinajstić information content (AvgIpc) is 3.27. The summed E-state index contributed by atoms with van der Waals surface area (Å²) in [5, 5.41) is 13.0. The van der Waals surface area contributed by atoms with Crippen molar-refractivity contribution in [3.05, 3.63) is 23.9 Å². The summed E-state index contributed by atoms with van der Waals surface area (Å²) in [6.45, 7) is 12.7. The second-order valence-corrected chi connectivity index (χ2v) is 9.86. The van der Waals surface area contributed by atoms with E-state index in [4.69, 9.17) is 4.74 Å². The van der Waals surface area contributed by atoms with E-state index < -0.39 is 0 Å². The maximum Gasteiger partial charge on any atom is 0.233 e. The molecule has 152 valence electrons. The number of aromatic nitrogens is 4. The van der Waals surface area contributed by atoms with Gasteiger partial charge in [0.2, 0.25) is 5.88 Å². The number of hydrogen-bond acceptors (Lipinski definition) is 5. The molecule has 28 heavy (non-hydrogen) atoms. The van der Waals surface area contributed by atoms with Crippen molar-refractivity contribution in [3.8, 4) is 17.3 Å². The molecule has 2 aliphatic rings. The Bertz CT molecular complexity index is 774. The Morgan fingerprint density at radius 3 is 2.36 bits per heavy atom. The molecule has 3 heterocycles. The van der Waals surface area contributed by atoms with Crippen LogP contribution in [0.1, 0.15) is 45.6 Å². The molecule has 1 aliphatic carbocycles. The number of fused-ring (bicyclic) bond motifs is 1. The van der Waals surface area contributed by atoms with Crippen LogP contribution in [0.25, 0.3) is 11.4 Å². The van der Waals surface area contributed by atoms with Gasteiger partial charge in [0.15, 0.2) is 0 Å². The third-order valence-corrected chi connectivity index (χ3v) is 6.25. The molecule has 2 fully saturated rings. The van der Waals surface area contributed by atoms with Crippen molar-refractivity contribution >= 4 is 0 Å². The molecule has 6 heteroatoms. The van der Waals surface area contributed by atoms with E-state index in [-0.39, 0.29) is 6.10 Å². The monoisotopic (exact) mass is 383 g/mol. The zero-order valence-corrected chi connectivity index (χ0v) is 17.9. The van der Waals surface area contributed by atoms with Gasteiger partial charge in [0.05, 0.1) is 11.9 Å². The van der Waals surface area contributed by atoms with Crippen LogP contribution in [0.2, 0.25) is 0 Å². The highest BCUT2D eigenvalue weighted by Gasteiger charge is 2.41. The van der Waals surface area contributed by atoms with Crippen LogP contribution in [0, 0.1) is 24.2 Å². The van der Waals surface area contributed by atoms with Crippen molar-refractivity contribution in [2.24, 2.45) is 24.3 Å². The van der Waals surface area contributed by atoms with E-state index in [0.29, 0.717) is 11.3 Å². The predicted molar refractivity (Wildman–Crippen MR) is 110 cm³/mol. The number of ether oxygens (including phenoxy) is 1. The molecule has 0 N–H and O–H groups in total. The summed E-state index contributed by atoms with van der Waals surface area (Å²) in [6, 6.07) is 3.93. The fourth-order valence-corrected chi connectivity index (χ4v) is 4.71. The molecule has 1 saturated carbocycles. The summed E-state index contributed by atoms with van der Waals surface area (Å²) < 4.78 is 8.02. The lowest BCUT2D eigenvalue weighted by atomic mass is 9.92. The second kappa shape index (κ2) is 7.47. The van der Waals surface area contributed by atoms with Gasteiger partial charge in [-0.2, -0.15) is 5.10 Å². The van der Waals surface area contributed by atoms with Crippen LogP contribution in [0.4, 0.5) is 0 Å². The number of nitrogens with zero attached hydrogens (tertiary/aromatic N) is 5. The number of rotatable bonds is 5. The zero-order valence-electron chi connectivity index (χ0n) is 17.9. The predicted octanol–water partition coefficient (Wildman–Crippen LogP) is 3.71. The molecule has 3 atom stereocenters. The molecule has 4 rings (SSSR count). The van der Waals surface area contributed by atoms with E-state index in [1.54, 1.807) is 0 Å². The largest absolute Gasteiger partial charge is 0.473 e. The van der Waals surface area contributed by atoms with E-state index in [1.807, 2.05) is 37.0 Å². The topological polar surface area (TPSA) is 56.1 Å². The SMILES string of the molecule is Cc1cnn(C)c1-c1ccc(O[C@H]2C[C@@H]3CN(CCC(C)(C)C)C[C@@H]3C2)nn1. The van der Waals surface area contributed by atoms with Gasteiger partial charge < -0.3 is 9.64 Å². The Hall–Kier alpha value is -1.95. The summed E-state index contributed by atoms with van der Waals surface area (Å²) in [4.78, 5) is 2.65. The first kappa shape index (κ1) is 19.4. The van der Waals surface area contributed by atoms with Crippen LogP contribution in [-0.4, -0.2) is 50.6 Å². The van der Waals surface area contributed by atoms with Crippen molar-refractivity contribution in [1.29, 1.82) is 0 Å². The van der Waals surface area contributed by atoms with Crippen LogP contribution < -0.4 is 4.74 Å². The molecular weight excluding hydrogens is 350 g/mol. The highest BCUT2D eigenvalue weighted by Crippen LogP contribution is 2.40. The number of likely N-dealkylation sites (tertiary alicyclic amines) is 1. The van der Waals surface area contributed by atoms with Gasteiger partial charge in [0, 0.05) is 26.2 Å². The Morgan fingerprint density at radius 1 is 1.11 bits per heavy atom. The van der Waals surface area contributed by atoms with Crippen LogP contribution in [0.15, 0.2) is 18.3 Å². The Kier molecular flexibility index (Phi) is 5.17. The maximum absolute atomic E-state index is 6.18. The van der Waals surface area contributed by atoms with Crippen molar-refractivity contribution in [3.63, 3.8) is 0 Å². The molecule has 0 amide bonds. The van der Waals surface area contributed by atoms with Crippen molar-refractivity contribution in [1.82, 2.24) is 24.9 Å². The minimum absolute atomic E-state index is 0.276. The molecule has 0 aromatic carbocycles. The molecule has 1 aliphatic heterocycles. The van der Waals surface area contributed by atoms with E-state index in [0.717, 1.165) is 41.6 Å². The molecule has 0 unspecified atom stereocenters. The van der Waals surface area contributed by atoms with Gasteiger partial charge in [-0.25, -0.2) is 0 Å². The minimum atomic E-state index is 0.276. The Labute approximate surface area is 168 Å².